The van der Waals surface area contributed by atoms with Crippen LogP contribution in [0.15, 0.2) is 0 Å². The molecule has 0 unspecified atom stereocenters. The second-order valence-corrected chi connectivity index (χ2v) is 1.84. The Hall–Kier alpha value is 2.68. The maximum absolute atomic E-state index is 8.98. The zero-order valence-corrected chi connectivity index (χ0v) is 17.4. The van der Waals surface area contributed by atoms with Crippen LogP contribution in [0.25, 0.3) is 0 Å². The normalized spacial score (nSPS) is 4.14. The molecule has 24 heteroatoms. The summed E-state index contributed by atoms with van der Waals surface area (Å²) in [6.07, 6.45) is 0. The van der Waals surface area contributed by atoms with Crippen molar-refractivity contribution < 1.29 is 191 Å². The Morgan fingerprint density at radius 3 is 0.357 bits per heavy atom. The predicted molar refractivity (Wildman–Crippen MR) is 45.5 cm³/mol. The Labute approximate surface area is 261 Å². The summed E-state index contributed by atoms with van der Waals surface area (Å²) in [4.78, 5) is 0. The van der Waals surface area contributed by atoms with Gasteiger partial charge in [-0.3, -0.25) is 0 Å². The van der Waals surface area contributed by atoms with Crippen molar-refractivity contribution in [1.29, 1.82) is 21.0 Å². The van der Waals surface area contributed by atoms with Gasteiger partial charge in [0.05, 0.1) is 0 Å². The van der Waals surface area contributed by atoms with Crippen LogP contribution in [0.1, 0.15) is 0 Å². The molecule has 0 aromatic carbocycles. The van der Waals surface area contributed by atoms with Crippen LogP contribution in [0.5, 0.6) is 0 Å². The largest absolute Gasteiger partial charge is 1.00 e. The summed E-state index contributed by atoms with van der Waals surface area (Å²) in [6, 6.07) is 0. The second kappa shape index (κ2) is 70.0. The molecule has 0 saturated heterocycles. The Balaban J connectivity index is -0.0000000111. The number of hydrogen-bond donors (Lipinski definition) is 0. The standard InChI is InChI=1S/4CBNO2.8Li/c4*3-1-2(4)5;;;;;;;;/q4*-2;8*+1. The third kappa shape index (κ3) is 193. The van der Waals surface area contributed by atoms with Crippen LogP contribution >= 0.6 is 0 Å². The number of nitriles is 4. The fourth-order valence-corrected chi connectivity index (χ4v) is 0. The van der Waals surface area contributed by atoms with Gasteiger partial charge in [-0.2, -0.15) is 0 Å². The van der Waals surface area contributed by atoms with E-state index in [1.165, 1.54) is 0 Å². The van der Waals surface area contributed by atoms with Gasteiger partial charge in [-0.25, -0.2) is 21.0 Å². The molecule has 0 aliphatic rings. The summed E-state index contributed by atoms with van der Waals surface area (Å²) in [5.41, 5.74) is 0. The van der Waals surface area contributed by atoms with Gasteiger partial charge in [0.2, 0.25) is 0 Å². The zero-order valence-electron chi connectivity index (χ0n) is 17.4. The molecule has 0 N–H and O–H groups in total. The first-order chi connectivity index (χ1) is 9.08. The van der Waals surface area contributed by atoms with Crippen LogP contribution in [-0.2, 0) is 0 Å². The van der Waals surface area contributed by atoms with Gasteiger partial charge in [-0.05, 0) is 23.9 Å². The van der Waals surface area contributed by atoms with E-state index < -0.39 is 28.5 Å². The van der Waals surface area contributed by atoms with Gasteiger partial charge in [0, 0.05) is 28.5 Å². The van der Waals surface area contributed by atoms with Crippen molar-refractivity contribution in [2.45, 2.75) is 0 Å². The van der Waals surface area contributed by atoms with E-state index >= 15 is 0 Å². The topological polar surface area (TPSA) is 280 Å². The first-order valence-corrected chi connectivity index (χ1v) is 3.93. The van der Waals surface area contributed by atoms with Gasteiger partial charge in [0.25, 0.3) is 0 Å². The molecule has 0 aliphatic carbocycles. The van der Waals surface area contributed by atoms with Gasteiger partial charge < -0.3 is 40.2 Å². The molecule has 0 aromatic heterocycles. The van der Waals surface area contributed by atoms with Crippen LogP contribution in [0, 0.1) is 44.9 Å². The fourth-order valence-electron chi connectivity index (χ4n) is 0. The summed E-state index contributed by atoms with van der Waals surface area (Å²) in [7, 11) is -9.24. The van der Waals surface area contributed by atoms with E-state index in [2.05, 4.69) is 0 Å². The fraction of sp³-hybridized carbons (Fsp3) is 0. The van der Waals surface area contributed by atoms with Crippen molar-refractivity contribution in [2.75, 3.05) is 0 Å². The summed E-state index contributed by atoms with van der Waals surface area (Å²) in [5.74, 6) is 3.67. The van der Waals surface area contributed by atoms with E-state index in [0.717, 1.165) is 23.9 Å². The van der Waals surface area contributed by atoms with Crippen LogP contribution in [0.4, 0.5) is 0 Å². The molecule has 0 aromatic rings. The van der Waals surface area contributed by atoms with Crippen molar-refractivity contribution in [3.8, 4) is 23.9 Å². The van der Waals surface area contributed by atoms with Crippen LogP contribution < -0.4 is 191 Å². The molecule has 0 atom stereocenters. The summed E-state index contributed by atoms with van der Waals surface area (Å²) in [6.45, 7) is 0. The van der Waals surface area contributed by atoms with E-state index in [9.17, 15) is 0 Å². The van der Waals surface area contributed by atoms with Crippen molar-refractivity contribution >= 4 is 28.5 Å². The number of hydrogen-bond acceptors (Lipinski definition) is 12. The molecule has 0 aliphatic heterocycles. The molecule has 0 saturated carbocycles. The summed E-state index contributed by atoms with van der Waals surface area (Å²) < 4.78 is 0. The van der Waals surface area contributed by atoms with Crippen LogP contribution in [-0.4, -0.2) is 28.5 Å². The molecule has 0 heterocycles. The smallest absolute Gasteiger partial charge is 0.881 e. The van der Waals surface area contributed by atoms with Crippen LogP contribution in [0.2, 0.25) is 0 Å². The Morgan fingerprint density at radius 1 is 0.321 bits per heavy atom. The average Bonchev–Trinajstić information content (AvgIpc) is 2.40. The SMILES string of the molecule is N#CB([O-])[O-].N#CB([O-])[O-].N#CB([O-])[O-].N#CB([O-])[O-].[Li+].[Li+].[Li+].[Li+].[Li+].[Li+].[Li+].[Li+]. The second-order valence-electron chi connectivity index (χ2n) is 1.84. The Morgan fingerprint density at radius 2 is 0.357 bits per heavy atom. The van der Waals surface area contributed by atoms with E-state index in [-0.39, 0.29) is 151 Å². The van der Waals surface area contributed by atoms with Crippen LogP contribution in [0.3, 0.4) is 0 Å². The molecule has 12 nitrogen and oxygen atoms in total. The monoisotopic (exact) mass is 332 g/mol. The molecule has 0 amide bonds. The Bertz CT molecular complexity index is 317. The van der Waals surface area contributed by atoms with Crippen molar-refractivity contribution in [3.63, 3.8) is 0 Å². The third-order valence-corrected chi connectivity index (χ3v) is 0.422. The molecular formula is C4B4Li8N4O8. The quantitative estimate of drug-likeness (QED) is 0.374. The van der Waals surface area contributed by atoms with Gasteiger partial charge in [0.1, 0.15) is 0 Å². The molecule has 0 rings (SSSR count). The molecule has 0 fully saturated rings. The van der Waals surface area contributed by atoms with E-state index in [1.807, 2.05) is 0 Å². The van der Waals surface area contributed by atoms with Gasteiger partial charge in [-0.15, -0.1) is 0 Å². The van der Waals surface area contributed by atoms with Gasteiger partial charge in [-0.1, -0.05) is 0 Å². The third-order valence-electron chi connectivity index (χ3n) is 0.422. The molecular weight excluding hydrogens is 331 g/mol. The first-order valence-electron chi connectivity index (χ1n) is 3.93. The van der Waals surface area contributed by atoms with Crippen molar-refractivity contribution in [1.82, 2.24) is 0 Å². The number of rotatable bonds is 0. The van der Waals surface area contributed by atoms with Gasteiger partial charge >= 0.3 is 151 Å². The molecule has 0 spiro atoms. The predicted octanol–water partition coefficient (Wildman–Crippen LogP) is -34.9. The Kier molecular flexibility index (Phi) is 194. The minimum atomic E-state index is -2.31. The maximum Gasteiger partial charge on any atom is 1.00 e. The minimum absolute atomic E-state index is 0. The summed E-state index contributed by atoms with van der Waals surface area (Å²) >= 11 is 0. The van der Waals surface area contributed by atoms with Crippen molar-refractivity contribution in [2.24, 2.45) is 0 Å². The molecule has 104 valence electrons. The molecule has 0 bridgehead atoms. The van der Waals surface area contributed by atoms with E-state index in [4.69, 9.17) is 61.2 Å². The zero-order chi connectivity index (χ0) is 17.1. The minimum Gasteiger partial charge on any atom is -0.881 e. The van der Waals surface area contributed by atoms with Crippen molar-refractivity contribution in [3.05, 3.63) is 0 Å². The number of nitrogens with zero attached hydrogens (tertiary/aromatic N) is 4. The average molecular weight is 331 g/mol. The maximum atomic E-state index is 8.98. The van der Waals surface area contributed by atoms with E-state index in [0.29, 0.717) is 0 Å². The molecule has 0 radical (unpaired) electrons. The first kappa shape index (κ1) is 77.5. The summed E-state index contributed by atoms with van der Waals surface area (Å²) in [5, 5.41) is 101. The van der Waals surface area contributed by atoms with E-state index in [1.54, 1.807) is 0 Å². The molecule has 28 heavy (non-hydrogen) atoms. The van der Waals surface area contributed by atoms with Gasteiger partial charge in [0.15, 0.2) is 0 Å².